The van der Waals surface area contributed by atoms with Gasteiger partial charge in [-0.15, -0.1) is 0 Å². The highest BCUT2D eigenvalue weighted by Crippen LogP contribution is 2.07. The van der Waals surface area contributed by atoms with Crippen molar-refractivity contribution < 1.29 is 19.8 Å². The van der Waals surface area contributed by atoms with Crippen LogP contribution < -0.4 is 5.32 Å². The summed E-state index contributed by atoms with van der Waals surface area (Å²) < 4.78 is 0. The highest BCUT2D eigenvalue weighted by Gasteiger charge is 2.15. The fourth-order valence-corrected chi connectivity index (χ4v) is 2.03. The Morgan fingerprint density at radius 2 is 1.37 bits per heavy atom. The normalized spacial score (nSPS) is 10.8. The van der Waals surface area contributed by atoms with Crippen LogP contribution in [0.25, 0.3) is 0 Å². The van der Waals surface area contributed by atoms with Crippen LogP contribution >= 0.6 is 0 Å². The van der Waals surface area contributed by atoms with Gasteiger partial charge in [0.05, 0.1) is 12.8 Å². The molecule has 0 aliphatic heterocycles. The Labute approximate surface area is 115 Å². The number of rotatable bonds is 13. The molecule has 0 fully saturated rings. The van der Waals surface area contributed by atoms with Crippen molar-refractivity contribution in [2.75, 3.05) is 6.54 Å². The lowest BCUT2D eigenvalue weighted by Crippen LogP contribution is -2.34. The van der Waals surface area contributed by atoms with Crippen LogP contribution in [0, 0.1) is 0 Å². The van der Waals surface area contributed by atoms with Gasteiger partial charge in [-0.1, -0.05) is 45.4 Å². The van der Waals surface area contributed by atoms with Crippen LogP contribution in [0.5, 0.6) is 0 Å². The Balaban J connectivity index is 3.57. The third-order valence-corrected chi connectivity index (χ3v) is 3.06. The van der Waals surface area contributed by atoms with Gasteiger partial charge in [0.25, 0.3) is 0 Å². The minimum atomic E-state index is -0.960. The number of carboxylic acids is 2. The molecule has 0 saturated heterocycles. The fourth-order valence-electron chi connectivity index (χ4n) is 2.03. The zero-order valence-electron chi connectivity index (χ0n) is 11.9. The fraction of sp³-hybridized carbons (Fsp3) is 0.857. The highest BCUT2D eigenvalue weighted by atomic mass is 16.4. The molecule has 0 radical (unpaired) electrons. The number of unbranched alkanes of at least 4 members (excludes halogenated alkanes) is 6. The molecule has 0 amide bonds. The molecule has 3 N–H and O–H groups in total. The first-order valence-electron chi connectivity index (χ1n) is 7.23. The van der Waals surface area contributed by atoms with E-state index in [1.54, 1.807) is 0 Å². The summed E-state index contributed by atoms with van der Waals surface area (Å²) in [4.78, 5) is 21.2. The molecular weight excluding hydrogens is 246 g/mol. The van der Waals surface area contributed by atoms with Crippen LogP contribution in [0.15, 0.2) is 0 Å². The molecule has 0 bridgehead atoms. The molecule has 0 rings (SSSR count). The molecule has 19 heavy (non-hydrogen) atoms. The van der Waals surface area contributed by atoms with Gasteiger partial charge < -0.3 is 15.5 Å². The van der Waals surface area contributed by atoms with Crippen molar-refractivity contribution in [1.82, 2.24) is 5.32 Å². The minimum Gasteiger partial charge on any atom is -0.481 e. The third kappa shape index (κ3) is 13.1. The molecule has 0 aromatic heterocycles. The van der Waals surface area contributed by atoms with Gasteiger partial charge in [-0.05, 0) is 13.0 Å². The molecule has 0 spiro atoms. The van der Waals surface area contributed by atoms with Crippen molar-refractivity contribution in [2.24, 2.45) is 0 Å². The Bertz CT molecular complexity index is 240. The highest BCUT2D eigenvalue weighted by molar-refractivity contribution is 5.71. The number of carboxylic acid groups (broad SMARTS) is 2. The maximum Gasteiger partial charge on any atom is 0.304 e. The first-order valence-corrected chi connectivity index (χ1v) is 7.23. The van der Waals surface area contributed by atoms with Crippen molar-refractivity contribution in [3.8, 4) is 0 Å². The van der Waals surface area contributed by atoms with E-state index in [9.17, 15) is 9.59 Å². The Hall–Kier alpha value is -1.10. The summed E-state index contributed by atoms with van der Waals surface area (Å²) in [6, 6.07) is -0.463. The quantitative estimate of drug-likeness (QED) is 0.449. The molecule has 0 aromatic carbocycles. The van der Waals surface area contributed by atoms with E-state index >= 15 is 0 Å². The van der Waals surface area contributed by atoms with E-state index in [0.717, 1.165) is 12.8 Å². The predicted molar refractivity (Wildman–Crippen MR) is 74.3 cm³/mol. The molecule has 5 heteroatoms. The van der Waals surface area contributed by atoms with Crippen LogP contribution in [0.1, 0.15) is 64.7 Å². The monoisotopic (exact) mass is 273 g/mol. The Kier molecular flexibility index (Phi) is 11.3. The lowest BCUT2D eigenvalue weighted by atomic mass is 10.1. The smallest absolute Gasteiger partial charge is 0.304 e. The molecule has 0 aromatic rings. The summed E-state index contributed by atoms with van der Waals surface area (Å²) in [7, 11) is 0. The van der Waals surface area contributed by atoms with Crippen molar-refractivity contribution >= 4 is 11.9 Å². The Morgan fingerprint density at radius 3 is 1.84 bits per heavy atom. The van der Waals surface area contributed by atoms with E-state index in [1.807, 2.05) is 0 Å². The van der Waals surface area contributed by atoms with Crippen LogP contribution in [0.4, 0.5) is 0 Å². The first-order chi connectivity index (χ1) is 9.06. The largest absolute Gasteiger partial charge is 0.481 e. The zero-order valence-corrected chi connectivity index (χ0v) is 11.9. The van der Waals surface area contributed by atoms with Crippen molar-refractivity contribution in [3.63, 3.8) is 0 Å². The van der Waals surface area contributed by atoms with Gasteiger partial charge in [-0.3, -0.25) is 9.59 Å². The number of aliphatic carboxylic acids is 2. The first kappa shape index (κ1) is 17.9. The predicted octanol–water partition coefficient (Wildman–Crippen LogP) is 2.64. The summed E-state index contributed by atoms with van der Waals surface area (Å²) >= 11 is 0. The van der Waals surface area contributed by atoms with E-state index < -0.39 is 18.0 Å². The third-order valence-electron chi connectivity index (χ3n) is 3.06. The summed E-state index contributed by atoms with van der Waals surface area (Å²) in [5.74, 6) is -1.92. The average Bonchev–Trinajstić information content (AvgIpc) is 2.30. The van der Waals surface area contributed by atoms with Gasteiger partial charge >= 0.3 is 11.9 Å². The minimum absolute atomic E-state index is 0.136. The lowest BCUT2D eigenvalue weighted by molar-refractivity contribution is -0.139. The van der Waals surface area contributed by atoms with Gasteiger partial charge in [-0.25, -0.2) is 0 Å². The topological polar surface area (TPSA) is 86.6 Å². The molecule has 0 unspecified atom stereocenters. The number of carbonyl (C=O) groups is 2. The van der Waals surface area contributed by atoms with Crippen LogP contribution in [0.2, 0.25) is 0 Å². The summed E-state index contributed by atoms with van der Waals surface area (Å²) in [5.41, 5.74) is 0. The molecule has 112 valence electrons. The number of hydrogen-bond donors (Lipinski definition) is 3. The van der Waals surface area contributed by atoms with Gasteiger partial charge in [-0.2, -0.15) is 0 Å². The second-order valence-corrected chi connectivity index (χ2v) is 4.97. The maximum atomic E-state index is 10.6. The van der Waals surface area contributed by atoms with Gasteiger partial charge in [0, 0.05) is 6.04 Å². The molecule has 0 aliphatic rings. The van der Waals surface area contributed by atoms with Crippen molar-refractivity contribution in [1.29, 1.82) is 0 Å². The average molecular weight is 273 g/mol. The summed E-state index contributed by atoms with van der Waals surface area (Å²) in [6.45, 7) is 2.88. The standard InChI is InChI=1S/C14H27NO4/c1-2-3-4-5-6-7-8-9-15-12(10-13(16)17)11-14(18)19/h12,15H,2-11H2,1H3,(H,16,17)(H,18,19). The van der Waals surface area contributed by atoms with E-state index in [0.29, 0.717) is 6.54 Å². The van der Waals surface area contributed by atoms with Crippen LogP contribution in [-0.4, -0.2) is 34.7 Å². The second kappa shape index (κ2) is 12.0. The molecule has 5 nitrogen and oxygen atoms in total. The molecule has 0 atom stereocenters. The lowest BCUT2D eigenvalue weighted by Gasteiger charge is -2.14. The number of hydrogen-bond acceptors (Lipinski definition) is 3. The second-order valence-electron chi connectivity index (χ2n) is 4.97. The molecule has 0 aliphatic carbocycles. The Morgan fingerprint density at radius 1 is 0.895 bits per heavy atom. The molecule has 0 saturated carbocycles. The van der Waals surface area contributed by atoms with Crippen LogP contribution in [0.3, 0.4) is 0 Å². The van der Waals surface area contributed by atoms with Crippen LogP contribution in [-0.2, 0) is 9.59 Å². The maximum absolute atomic E-state index is 10.6. The van der Waals surface area contributed by atoms with E-state index in [4.69, 9.17) is 10.2 Å². The van der Waals surface area contributed by atoms with Gasteiger partial charge in [0.1, 0.15) is 0 Å². The summed E-state index contributed by atoms with van der Waals surface area (Å²) in [6.07, 6.45) is 8.08. The van der Waals surface area contributed by atoms with Gasteiger partial charge in [0.15, 0.2) is 0 Å². The van der Waals surface area contributed by atoms with Crippen molar-refractivity contribution in [3.05, 3.63) is 0 Å². The molecular formula is C14H27NO4. The van der Waals surface area contributed by atoms with Crippen molar-refractivity contribution in [2.45, 2.75) is 70.8 Å². The van der Waals surface area contributed by atoms with Gasteiger partial charge in [0.2, 0.25) is 0 Å². The van der Waals surface area contributed by atoms with E-state index in [-0.39, 0.29) is 12.8 Å². The number of nitrogens with one attached hydrogen (secondary N) is 1. The molecule has 0 heterocycles. The van der Waals surface area contributed by atoms with E-state index in [1.165, 1.54) is 32.1 Å². The summed E-state index contributed by atoms with van der Waals surface area (Å²) in [5, 5.41) is 20.4. The SMILES string of the molecule is CCCCCCCCCNC(CC(=O)O)CC(=O)O. The zero-order chi connectivity index (χ0) is 14.5. The van der Waals surface area contributed by atoms with E-state index in [2.05, 4.69) is 12.2 Å².